The lowest BCUT2D eigenvalue weighted by molar-refractivity contribution is 0.0794. The number of nitrogens with one attached hydrogen (secondary N) is 1. The van der Waals surface area contributed by atoms with Crippen LogP contribution in [0.15, 0.2) is 18.2 Å². The molecule has 0 radical (unpaired) electrons. The van der Waals surface area contributed by atoms with Crippen molar-refractivity contribution in [2.24, 2.45) is 0 Å². The second kappa shape index (κ2) is 6.10. The maximum Gasteiger partial charge on any atom is 0.256 e. The van der Waals surface area contributed by atoms with E-state index in [1.807, 2.05) is 17.0 Å². The topological polar surface area (TPSA) is 32.3 Å². The average molecular weight is 267 g/mol. The smallest absolute Gasteiger partial charge is 0.256 e. The standard InChI is InChI=1S/C14H19ClN2O/c1-2-7-16-13-6-5-11(15)10-12(13)14(18)17-8-3-4-9-17/h5-6,10,16H,2-4,7-9H2,1H3. The lowest BCUT2D eigenvalue weighted by Gasteiger charge is -2.18. The number of halogens is 1. The Morgan fingerprint density at radius 2 is 2.11 bits per heavy atom. The van der Waals surface area contributed by atoms with Crippen molar-refractivity contribution in [3.05, 3.63) is 28.8 Å². The quantitative estimate of drug-likeness (QED) is 0.906. The summed E-state index contributed by atoms with van der Waals surface area (Å²) in [6.45, 7) is 4.68. The van der Waals surface area contributed by atoms with Gasteiger partial charge in [0.1, 0.15) is 0 Å². The number of nitrogens with zero attached hydrogens (tertiary/aromatic N) is 1. The second-order valence-corrected chi connectivity index (χ2v) is 5.05. The molecule has 0 saturated carbocycles. The number of benzene rings is 1. The SMILES string of the molecule is CCCNc1ccc(Cl)cc1C(=O)N1CCCC1. The van der Waals surface area contributed by atoms with Gasteiger partial charge in [-0.2, -0.15) is 0 Å². The highest BCUT2D eigenvalue weighted by Gasteiger charge is 2.21. The molecule has 98 valence electrons. The number of carbonyl (C=O) groups is 1. The first-order chi connectivity index (χ1) is 8.72. The van der Waals surface area contributed by atoms with E-state index in [2.05, 4.69) is 12.2 Å². The summed E-state index contributed by atoms with van der Waals surface area (Å²) in [6.07, 6.45) is 3.23. The molecule has 1 saturated heterocycles. The summed E-state index contributed by atoms with van der Waals surface area (Å²) in [7, 11) is 0. The Hall–Kier alpha value is -1.22. The van der Waals surface area contributed by atoms with Gasteiger partial charge in [-0.25, -0.2) is 0 Å². The van der Waals surface area contributed by atoms with E-state index in [4.69, 9.17) is 11.6 Å². The molecule has 0 aromatic heterocycles. The largest absolute Gasteiger partial charge is 0.384 e. The first-order valence-electron chi connectivity index (χ1n) is 6.55. The highest BCUT2D eigenvalue weighted by Crippen LogP contribution is 2.24. The van der Waals surface area contributed by atoms with Crippen molar-refractivity contribution < 1.29 is 4.79 Å². The molecule has 2 rings (SSSR count). The molecule has 4 heteroatoms. The van der Waals surface area contributed by atoms with Gasteiger partial charge in [0.15, 0.2) is 0 Å². The fraction of sp³-hybridized carbons (Fsp3) is 0.500. The number of hydrogen-bond acceptors (Lipinski definition) is 2. The second-order valence-electron chi connectivity index (χ2n) is 4.62. The van der Waals surface area contributed by atoms with E-state index >= 15 is 0 Å². The van der Waals surface area contributed by atoms with Crippen molar-refractivity contribution in [1.82, 2.24) is 4.90 Å². The van der Waals surface area contributed by atoms with Gasteiger partial charge in [-0.3, -0.25) is 4.79 Å². The normalized spacial score (nSPS) is 14.9. The van der Waals surface area contributed by atoms with Gasteiger partial charge in [-0.05, 0) is 37.5 Å². The van der Waals surface area contributed by atoms with Gasteiger partial charge in [0.2, 0.25) is 0 Å². The first-order valence-corrected chi connectivity index (χ1v) is 6.93. The average Bonchev–Trinajstić information content (AvgIpc) is 2.90. The van der Waals surface area contributed by atoms with Gasteiger partial charge in [-0.1, -0.05) is 18.5 Å². The summed E-state index contributed by atoms with van der Waals surface area (Å²) < 4.78 is 0. The molecule has 0 atom stereocenters. The van der Waals surface area contributed by atoms with E-state index in [1.165, 1.54) is 0 Å². The van der Waals surface area contributed by atoms with E-state index in [0.29, 0.717) is 10.6 Å². The first kappa shape index (κ1) is 13.2. The number of amides is 1. The zero-order valence-electron chi connectivity index (χ0n) is 10.7. The van der Waals surface area contributed by atoms with E-state index in [1.54, 1.807) is 6.07 Å². The van der Waals surface area contributed by atoms with Crippen molar-refractivity contribution in [3.63, 3.8) is 0 Å². The minimum atomic E-state index is 0.0913. The van der Waals surface area contributed by atoms with E-state index in [0.717, 1.165) is 44.6 Å². The zero-order valence-corrected chi connectivity index (χ0v) is 11.5. The van der Waals surface area contributed by atoms with Crippen molar-refractivity contribution in [2.75, 3.05) is 25.0 Å². The molecule has 0 unspecified atom stereocenters. The Labute approximate surface area is 113 Å². The van der Waals surface area contributed by atoms with Crippen molar-refractivity contribution >= 4 is 23.2 Å². The van der Waals surface area contributed by atoms with Crippen LogP contribution >= 0.6 is 11.6 Å². The Balaban J connectivity index is 2.22. The van der Waals surface area contributed by atoms with Gasteiger partial charge in [0, 0.05) is 30.3 Å². The highest BCUT2D eigenvalue weighted by molar-refractivity contribution is 6.31. The summed E-state index contributed by atoms with van der Waals surface area (Å²) in [5, 5.41) is 3.90. The predicted octanol–water partition coefficient (Wildman–Crippen LogP) is 3.40. The van der Waals surface area contributed by atoms with Crippen molar-refractivity contribution in [3.8, 4) is 0 Å². The summed E-state index contributed by atoms with van der Waals surface area (Å²) in [6, 6.07) is 5.47. The molecule has 1 N–H and O–H groups in total. The summed E-state index contributed by atoms with van der Waals surface area (Å²) in [5.41, 5.74) is 1.58. The van der Waals surface area contributed by atoms with Gasteiger partial charge in [0.05, 0.1) is 5.56 Å². The molecular weight excluding hydrogens is 248 g/mol. The summed E-state index contributed by atoms with van der Waals surface area (Å²) in [4.78, 5) is 14.3. The van der Waals surface area contributed by atoms with Crippen molar-refractivity contribution in [2.45, 2.75) is 26.2 Å². The number of rotatable bonds is 4. The summed E-state index contributed by atoms with van der Waals surface area (Å²) >= 11 is 6.00. The molecule has 1 aromatic rings. The van der Waals surface area contributed by atoms with Crippen LogP contribution in [-0.4, -0.2) is 30.4 Å². The lowest BCUT2D eigenvalue weighted by atomic mass is 10.1. The third-order valence-electron chi connectivity index (χ3n) is 3.17. The van der Waals surface area contributed by atoms with Crippen LogP contribution in [0.5, 0.6) is 0 Å². The molecule has 1 heterocycles. The third kappa shape index (κ3) is 2.96. The van der Waals surface area contributed by atoms with Gasteiger partial charge >= 0.3 is 0 Å². The van der Waals surface area contributed by atoms with Gasteiger partial charge in [-0.15, -0.1) is 0 Å². The number of anilines is 1. The molecule has 3 nitrogen and oxygen atoms in total. The third-order valence-corrected chi connectivity index (χ3v) is 3.41. The van der Waals surface area contributed by atoms with Crippen LogP contribution in [0.1, 0.15) is 36.5 Å². The fourth-order valence-corrected chi connectivity index (χ4v) is 2.37. The maximum absolute atomic E-state index is 12.4. The molecule has 1 aromatic carbocycles. The van der Waals surface area contributed by atoms with Crippen LogP contribution in [0.4, 0.5) is 5.69 Å². The summed E-state index contributed by atoms with van der Waals surface area (Å²) in [5.74, 6) is 0.0913. The highest BCUT2D eigenvalue weighted by atomic mass is 35.5. The minimum Gasteiger partial charge on any atom is -0.384 e. The number of carbonyl (C=O) groups excluding carboxylic acids is 1. The Bertz CT molecular complexity index is 428. The Morgan fingerprint density at radius 3 is 2.78 bits per heavy atom. The van der Waals surface area contributed by atoms with Gasteiger partial charge in [0.25, 0.3) is 5.91 Å². The van der Waals surface area contributed by atoms with E-state index in [-0.39, 0.29) is 5.91 Å². The van der Waals surface area contributed by atoms with Crippen LogP contribution in [0.25, 0.3) is 0 Å². The number of hydrogen-bond donors (Lipinski definition) is 1. The van der Waals surface area contributed by atoms with Gasteiger partial charge < -0.3 is 10.2 Å². The van der Waals surface area contributed by atoms with Crippen LogP contribution < -0.4 is 5.32 Å². The lowest BCUT2D eigenvalue weighted by Crippen LogP contribution is -2.28. The molecule has 0 aliphatic carbocycles. The molecule has 0 bridgehead atoms. The molecule has 1 amide bonds. The van der Waals surface area contributed by atoms with Crippen molar-refractivity contribution in [1.29, 1.82) is 0 Å². The van der Waals surface area contributed by atoms with E-state index < -0.39 is 0 Å². The molecule has 18 heavy (non-hydrogen) atoms. The minimum absolute atomic E-state index is 0.0913. The maximum atomic E-state index is 12.4. The molecule has 1 fully saturated rings. The Kier molecular flexibility index (Phi) is 4.48. The molecule has 1 aliphatic rings. The molecular formula is C14H19ClN2O. The van der Waals surface area contributed by atoms with Crippen LogP contribution in [0.2, 0.25) is 5.02 Å². The van der Waals surface area contributed by atoms with E-state index in [9.17, 15) is 4.79 Å². The molecule has 0 spiro atoms. The monoisotopic (exact) mass is 266 g/mol. The Morgan fingerprint density at radius 1 is 1.39 bits per heavy atom. The zero-order chi connectivity index (χ0) is 13.0. The number of likely N-dealkylation sites (tertiary alicyclic amines) is 1. The molecule has 1 aliphatic heterocycles. The van der Waals surface area contributed by atoms with Crippen LogP contribution in [0.3, 0.4) is 0 Å². The fourth-order valence-electron chi connectivity index (χ4n) is 2.20. The van der Waals surface area contributed by atoms with Crippen LogP contribution in [-0.2, 0) is 0 Å². The van der Waals surface area contributed by atoms with Crippen LogP contribution in [0, 0.1) is 0 Å². The predicted molar refractivity (Wildman–Crippen MR) is 75.4 cm³/mol.